The van der Waals surface area contributed by atoms with Gasteiger partial charge in [0.2, 0.25) is 5.91 Å². The van der Waals surface area contributed by atoms with Crippen LogP contribution in [0.3, 0.4) is 0 Å². The van der Waals surface area contributed by atoms with Gasteiger partial charge in [0.1, 0.15) is 29.4 Å². The first-order valence-corrected chi connectivity index (χ1v) is 17.0. The van der Waals surface area contributed by atoms with Crippen LogP contribution in [0.15, 0.2) is 66.4 Å². The third kappa shape index (κ3) is 13.5. The van der Waals surface area contributed by atoms with E-state index in [4.69, 9.17) is 4.74 Å². The van der Waals surface area contributed by atoms with Gasteiger partial charge < -0.3 is 20.7 Å². The fourth-order valence-electron chi connectivity index (χ4n) is 4.74. The van der Waals surface area contributed by atoms with Crippen LogP contribution in [-0.4, -0.2) is 51.7 Å². The molecule has 1 aromatic carbocycles. The van der Waals surface area contributed by atoms with E-state index >= 15 is 0 Å². The zero-order valence-electron chi connectivity index (χ0n) is 26.9. The number of esters is 1. The first-order chi connectivity index (χ1) is 22.7. The van der Waals surface area contributed by atoms with E-state index in [1.807, 2.05) is 6.07 Å². The van der Waals surface area contributed by atoms with Crippen molar-refractivity contribution in [3.63, 3.8) is 0 Å². The van der Waals surface area contributed by atoms with E-state index in [9.17, 15) is 28.4 Å². The Morgan fingerprint density at radius 1 is 1.06 bits per heavy atom. The van der Waals surface area contributed by atoms with Crippen LogP contribution >= 0.6 is 11.8 Å². The van der Waals surface area contributed by atoms with Gasteiger partial charge in [-0.05, 0) is 37.5 Å². The number of halogens is 1. The summed E-state index contributed by atoms with van der Waals surface area (Å²) in [6.45, 7) is 3.49. The minimum Gasteiger partial charge on any atom is -0.456 e. The largest absolute Gasteiger partial charge is 0.456 e. The first-order valence-electron chi connectivity index (χ1n) is 16.0. The number of benzene rings is 1. The summed E-state index contributed by atoms with van der Waals surface area (Å²) < 4.78 is 20.1. The highest BCUT2D eigenvalue weighted by Crippen LogP contribution is 2.15. The molecule has 3 rings (SSSR count). The fraction of sp³-hybridized carbons (Fsp3) is 0.429. The van der Waals surface area contributed by atoms with Gasteiger partial charge in [0.15, 0.2) is 5.12 Å². The van der Waals surface area contributed by atoms with Crippen molar-refractivity contribution < 1.29 is 33.1 Å². The van der Waals surface area contributed by atoms with Crippen LogP contribution in [0.1, 0.15) is 87.0 Å². The molecule has 0 saturated carbocycles. The molecule has 2 atom stereocenters. The minimum atomic E-state index is -1.17. The number of nitrogens with zero attached hydrogens (tertiary/aromatic N) is 1. The lowest BCUT2D eigenvalue weighted by Crippen LogP contribution is -2.47. The van der Waals surface area contributed by atoms with E-state index in [0.29, 0.717) is 18.6 Å². The van der Waals surface area contributed by atoms with Crippen LogP contribution in [0, 0.1) is 5.82 Å². The van der Waals surface area contributed by atoms with Crippen LogP contribution in [0.2, 0.25) is 0 Å². The summed E-state index contributed by atoms with van der Waals surface area (Å²) in [5, 5.41) is 7.82. The molecule has 3 N–H and O–H groups in total. The van der Waals surface area contributed by atoms with Crippen molar-refractivity contribution in [3.8, 4) is 0 Å². The van der Waals surface area contributed by atoms with E-state index in [2.05, 4.69) is 27.9 Å². The molecule has 2 bridgehead atoms. The van der Waals surface area contributed by atoms with Crippen molar-refractivity contribution in [1.82, 2.24) is 20.9 Å². The molecule has 12 heteroatoms. The lowest BCUT2D eigenvalue weighted by atomic mass is 10.1. The summed E-state index contributed by atoms with van der Waals surface area (Å²) in [6, 6.07) is 9.81. The van der Waals surface area contributed by atoms with E-state index in [1.54, 1.807) is 36.4 Å². The number of cyclic esters (lactones) is 1. The molecule has 2 heterocycles. The van der Waals surface area contributed by atoms with Crippen LogP contribution in [0.25, 0.3) is 0 Å². The number of fused-ring (bicyclic) bond motifs is 2. The number of aromatic nitrogens is 1. The number of hydrogen-bond donors (Lipinski definition) is 3. The first kappa shape index (κ1) is 37.1. The second-order valence-electron chi connectivity index (χ2n) is 11.1. The molecule has 0 spiro atoms. The number of amides is 3. The maximum absolute atomic E-state index is 14.4. The van der Waals surface area contributed by atoms with Crippen LogP contribution in [0.5, 0.6) is 0 Å². The quantitative estimate of drug-likeness (QED) is 0.123. The molecule has 47 heavy (non-hydrogen) atoms. The zero-order valence-corrected chi connectivity index (χ0v) is 27.7. The van der Waals surface area contributed by atoms with Gasteiger partial charge in [-0.15, -0.1) is 0 Å². The highest BCUT2D eigenvalue weighted by molar-refractivity contribution is 8.13. The number of carbonyl (C=O) groups excluding carboxylic acids is 5. The van der Waals surface area contributed by atoms with Gasteiger partial charge in [0.05, 0.1) is 18.7 Å². The Bertz CT molecular complexity index is 1450. The molecule has 1 aromatic heterocycles. The molecular formula is C35H43FN4O6S. The van der Waals surface area contributed by atoms with Crippen molar-refractivity contribution in [2.24, 2.45) is 0 Å². The summed E-state index contributed by atoms with van der Waals surface area (Å²) in [7, 11) is 0. The second kappa shape index (κ2) is 20.0. The molecule has 0 saturated heterocycles. The summed E-state index contributed by atoms with van der Waals surface area (Å²) in [5.74, 6) is -3.10. The average Bonchev–Trinajstić information content (AvgIpc) is 3.05. The van der Waals surface area contributed by atoms with Gasteiger partial charge in [0.25, 0.3) is 11.8 Å². The summed E-state index contributed by atoms with van der Waals surface area (Å²) >= 11 is 1.25. The summed E-state index contributed by atoms with van der Waals surface area (Å²) in [4.78, 5) is 69.0. The van der Waals surface area contributed by atoms with E-state index in [1.165, 1.54) is 31.2 Å². The van der Waals surface area contributed by atoms with Gasteiger partial charge in [-0.25, -0.2) is 14.2 Å². The second-order valence-corrected chi connectivity index (χ2v) is 12.2. The molecule has 0 unspecified atom stereocenters. The zero-order chi connectivity index (χ0) is 34.0. The smallest absolute Gasteiger partial charge is 0.329 e. The molecule has 1 aliphatic heterocycles. The Morgan fingerprint density at radius 3 is 2.57 bits per heavy atom. The standard InChI is InChI=1S/C35H43FN4O6S/c1-3-5-6-7-11-17-32(42)47-18-13-12-16-27-22-31(41)37-23-26-20-25(36)21-29(38-26)34(44)39-28(4-2)33(43)40-30(35(45)46-27)19-24-14-9-8-10-15-24/h4,8-10,12,14-16,20-21,27,30H,3,5-7,11,13,17-19,22-23H2,1-2H3,(H,37,41)(H,39,44)(H,40,43)/b16-12+,28-4-/t27-,30+/m1/s1. The van der Waals surface area contributed by atoms with Crippen molar-refractivity contribution in [2.75, 3.05) is 5.75 Å². The number of unbranched alkanes of at least 4 members (excludes halogenated alkanes) is 4. The molecule has 0 aliphatic carbocycles. The van der Waals surface area contributed by atoms with Gasteiger partial charge >= 0.3 is 5.97 Å². The lowest BCUT2D eigenvalue weighted by Gasteiger charge is -2.22. The molecule has 2 aromatic rings. The molecular weight excluding hydrogens is 623 g/mol. The molecule has 0 radical (unpaired) electrons. The highest BCUT2D eigenvalue weighted by Gasteiger charge is 2.28. The van der Waals surface area contributed by atoms with E-state index in [-0.39, 0.29) is 41.6 Å². The number of carbonyl (C=O) groups is 5. The van der Waals surface area contributed by atoms with Crippen molar-refractivity contribution in [2.45, 2.75) is 90.3 Å². The summed E-state index contributed by atoms with van der Waals surface area (Å²) in [6.07, 6.45) is 9.93. The van der Waals surface area contributed by atoms with Crippen LogP contribution in [0.4, 0.5) is 4.39 Å². The highest BCUT2D eigenvalue weighted by atomic mass is 32.2. The van der Waals surface area contributed by atoms with Crippen molar-refractivity contribution in [3.05, 3.63) is 89.2 Å². The third-order valence-electron chi connectivity index (χ3n) is 7.23. The molecule has 252 valence electrons. The molecule has 3 amide bonds. The Hall–Kier alpha value is -4.32. The monoisotopic (exact) mass is 666 g/mol. The van der Waals surface area contributed by atoms with Gasteiger partial charge in [0, 0.05) is 24.7 Å². The number of nitrogens with one attached hydrogen (secondary N) is 3. The maximum Gasteiger partial charge on any atom is 0.329 e. The van der Waals surface area contributed by atoms with Gasteiger partial charge in [-0.1, -0.05) is 86.9 Å². The lowest BCUT2D eigenvalue weighted by molar-refractivity contribution is -0.151. The number of pyridine rings is 1. The number of thioether (sulfide) groups is 1. The average molecular weight is 667 g/mol. The Balaban J connectivity index is 1.79. The predicted molar refractivity (Wildman–Crippen MR) is 178 cm³/mol. The minimum absolute atomic E-state index is 0.0744. The van der Waals surface area contributed by atoms with Crippen molar-refractivity contribution in [1.29, 1.82) is 0 Å². The number of hydrogen-bond acceptors (Lipinski definition) is 8. The molecule has 0 fully saturated rings. The Labute approximate surface area is 279 Å². The van der Waals surface area contributed by atoms with Gasteiger partial charge in [-0.2, -0.15) is 0 Å². The molecule has 1 aliphatic rings. The van der Waals surface area contributed by atoms with E-state index in [0.717, 1.165) is 43.4 Å². The summed E-state index contributed by atoms with van der Waals surface area (Å²) in [5.41, 5.74) is 0.366. The SMILES string of the molecule is C/C=C1\NC(=O)c2cc(F)cc(n2)CNC(=O)C[C@@H](/C=C/CCSC(=O)CCCCCCC)OC(=O)[C@H](Cc2ccccc2)NC1=O. The molecule has 10 nitrogen and oxygen atoms in total. The maximum atomic E-state index is 14.4. The van der Waals surface area contributed by atoms with Crippen molar-refractivity contribution >= 4 is 40.6 Å². The fourth-order valence-corrected chi connectivity index (χ4v) is 5.51. The topological polar surface area (TPSA) is 144 Å². The van der Waals surface area contributed by atoms with E-state index < -0.39 is 41.7 Å². The Morgan fingerprint density at radius 2 is 1.83 bits per heavy atom. The number of ether oxygens (including phenoxy) is 1. The predicted octanol–water partition coefficient (Wildman–Crippen LogP) is 5.08. The normalized spacial score (nSPS) is 18.8. The number of rotatable bonds is 12. The van der Waals surface area contributed by atoms with Crippen LogP contribution < -0.4 is 16.0 Å². The Kier molecular flexibility index (Phi) is 15.8. The number of allylic oxidation sites excluding steroid dienone is 2. The third-order valence-corrected chi connectivity index (χ3v) is 8.20. The van der Waals surface area contributed by atoms with Gasteiger partial charge in [-0.3, -0.25) is 19.2 Å². The van der Waals surface area contributed by atoms with Crippen LogP contribution in [-0.2, 0) is 36.9 Å².